The van der Waals surface area contributed by atoms with Crippen molar-refractivity contribution in [2.75, 3.05) is 12.4 Å². The predicted octanol–water partition coefficient (Wildman–Crippen LogP) is 5.12. The SMILES string of the molecule is CCCCCCCCCCNC(C)(CC)CCl. The summed E-state index contributed by atoms with van der Waals surface area (Å²) >= 11 is 5.96. The molecule has 0 radical (unpaired) electrons. The van der Waals surface area contributed by atoms with Gasteiger partial charge in [-0.3, -0.25) is 0 Å². The van der Waals surface area contributed by atoms with Crippen LogP contribution in [-0.2, 0) is 0 Å². The number of halogens is 1. The first-order chi connectivity index (χ1) is 8.18. The first-order valence-electron chi connectivity index (χ1n) is 7.49. The molecule has 1 unspecified atom stereocenters. The fraction of sp³-hybridized carbons (Fsp3) is 1.00. The van der Waals surface area contributed by atoms with Gasteiger partial charge in [-0.25, -0.2) is 0 Å². The second-order valence-electron chi connectivity index (χ2n) is 5.45. The maximum absolute atomic E-state index is 5.96. The van der Waals surface area contributed by atoms with Crippen molar-refractivity contribution in [3.05, 3.63) is 0 Å². The Morgan fingerprint density at radius 3 is 1.88 bits per heavy atom. The van der Waals surface area contributed by atoms with Gasteiger partial charge >= 0.3 is 0 Å². The Balaban J connectivity index is 3.23. The fourth-order valence-electron chi connectivity index (χ4n) is 1.92. The monoisotopic (exact) mass is 261 g/mol. The van der Waals surface area contributed by atoms with Crippen LogP contribution in [0.15, 0.2) is 0 Å². The lowest BCUT2D eigenvalue weighted by atomic mass is 10.0. The molecule has 0 aliphatic heterocycles. The molecule has 0 amide bonds. The summed E-state index contributed by atoms with van der Waals surface area (Å²) in [4.78, 5) is 0. The second-order valence-corrected chi connectivity index (χ2v) is 5.72. The van der Waals surface area contributed by atoms with Gasteiger partial charge in [0.05, 0.1) is 0 Å². The maximum Gasteiger partial charge on any atom is 0.0403 e. The molecule has 0 heterocycles. The van der Waals surface area contributed by atoms with Crippen molar-refractivity contribution in [3.8, 4) is 0 Å². The van der Waals surface area contributed by atoms with E-state index in [1.807, 2.05) is 0 Å². The molecule has 1 atom stereocenters. The van der Waals surface area contributed by atoms with E-state index in [1.54, 1.807) is 0 Å². The molecular formula is C15H32ClN. The van der Waals surface area contributed by atoms with E-state index < -0.39 is 0 Å². The van der Waals surface area contributed by atoms with E-state index in [1.165, 1.54) is 51.4 Å². The van der Waals surface area contributed by atoms with Gasteiger partial charge in [-0.15, -0.1) is 11.6 Å². The third kappa shape index (κ3) is 9.91. The highest BCUT2D eigenvalue weighted by molar-refractivity contribution is 6.18. The van der Waals surface area contributed by atoms with E-state index >= 15 is 0 Å². The van der Waals surface area contributed by atoms with Crippen LogP contribution in [0.1, 0.15) is 78.6 Å². The lowest BCUT2D eigenvalue weighted by Crippen LogP contribution is -2.43. The van der Waals surface area contributed by atoms with Crippen LogP contribution in [0, 0.1) is 0 Å². The second kappa shape index (κ2) is 11.3. The maximum atomic E-state index is 5.96. The third-order valence-electron chi connectivity index (χ3n) is 3.66. The summed E-state index contributed by atoms with van der Waals surface area (Å²) in [7, 11) is 0. The molecule has 0 aromatic carbocycles. The normalized spacial score (nSPS) is 14.8. The Morgan fingerprint density at radius 1 is 0.882 bits per heavy atom. The topological polar surface area (TPSA) is 12.0 Å². The van der Waals surface area contributed by atoms with Crippen LogP contribution in [0.2, 0.25) is 0 Å². The predicted molar refractivity (Wildman–Crippen MR) is 80.0 cm³/mol. The molecule has 2 heteroatoms. The van der Waals surface area contributed by atoms with Gasteiger partial charge in [0.1, 0.15) is 0 Å². The van der Waals surface area contributed by atoms with Gasteiger partial charge in [0.2, 0.25) is 0 Å². The molecule has 0 aliphatic rings. The number of unbranched alkanes of at least 4 members (excludes halogenated alkanes) is 7. The molecule has 0 rings (SSSR count). The van der Waals surface area contributed by atoms with E-state index in [-0.39, 0.29) is 5.54 Å². The van der Waals surface area contributed by atoms with Crippen LogP contribution in [0.4, 0.5) is 0 Å². The molecule has 0 fully saturated rings. The van der Waals surface area contributed by atoms with E-state index in [4.69, 9.17) is 11.6 Å². The van der Waals surface area contributed by atoms with E-state index in [0.29, 0.717) is 5.88 Å². The standard InChI is InChI=1S/C15H32ClN/c1-4-6-7-8-9-10-11-12-13-17-15(3,5-2)14-16/h17H,4-14H2,1-3H3. The van der Waals surface area contributed by atoms with Crippen molar-refractivity contribution in [1.82, 2.24) is 5.32 Å². The Kier molecular flexibility index (Phi) is 11.5. The molecule has 0 aromatic rings. The summed E-state index contributed by atoms with van der Waals surface area (Å²) in [5.74, 6) is 0.709. The van der Waals surface area contributed by atoms with Crippen molar-refractivity contribution in [1.29, 1.82) is 0 Å². The van der Waals surface area contributed by atoms with Crippen LogP contribution >= 0.6 is 11.6 Å². The number of nitrogens with one attached hydrogen (secondary N) is 1. The van der Waals surface area contributed by atoms with Gasteiger partial charge in [-0.2, -0.15) is 0 Å². The Labute approximate surface area is 114 Å². The number of hydrogen-bond acceptors (Lipinski definition) is 1. The minimum atomic E-state index is 0.142. The molecule has 0 saturated heterocycles. The number of alkyl halides is 1. The molecule has 0 aliphatic carbocycles. The van der Waals surface area contributed by atoms with Gasteiger partial charge in [-0.05, 0) is 26.3 Å². The average Bonchev–Trinajstić information content (AvgIpc) is 2.36. The molecule has 1 N–H and O–H groups in total. The molecule has 104 valence electrons. The quantitative estimate of drug-likeness (QED) is 0.380. The third-order valence-corrected chi connectivity index (χ3v) is 4.25. The first-order valence-corrected chi connectivity index (χ1v) is 8.03. The van der Waals surface area contributed by atoms with Crippen LogP contribution in [0.5, 0.6) is 0 Å². The van der Waals surface area contributed by atoms with Crippen LogP contribution in [0.25, 0.3) is 0 Å². The van der Waals surface area contributed by atoms with Gasteiger partial charge in [0.15, 0.2) is 0 Å². The van der Waals surface area contributed by atoms with Gasteiger partial charge in [0.25, 0.3) is 0 Å². The van der Waals surface area contributed by atoms with Crippen molar-refractivity contribution < 1.29 is 0 Å². The summed E-state index contributed by atoms with van der Waals surface area (Å²) in [5, 5.41) is 3.57. The van der Waals surface area contributed by atoms with Crippen LogP contribution in [0.3, 0.4) is 0 Å². The molecular weight excluding hydrogens is 230 g/mol. The molecule has 0 saturated carbocycles. The zero-order valence-electron chi connectivity index (χ0n) is 12.2. The zero-order valence-corrected chi connectivity index (χ0v) is 12.9. The van der Waals surface area contributed by atoms with Crippen LogP contribution in [-0.4, -0.2) is 18.0 Å². The Morgan fingerprint density at radius 2 is 1.41 bits per heavy atom. The minimum Gasteiger partial charge on any atom is -0.310 e. The average molecular weight is 262 g/mol. The summed E-state index contributed by atoms with van der Waals surface area (Å²) < 4.78 is 0. The van der Waals surface area contributed by atoms with Crippen molar-refractivity contribution >= 4 is 11.6 Å². The zero-order chi connectivity index (χ0) is 13.0. The minimum absolute atomic E-state index is 0.142. The van der Waals surface area contributed by atoms with Crippen molar-refractivity contribution in [2.45, 2.75) is 84.1 Å². The molecule has 17 heavy (non-hydrogen) atoms. The highest BCUT2D eigenvalue weighted by atomic mass is 35.5. The molecule has 1 nitrogen and oxygen atoms in total. The van der Waals surface area contributed by atoms with Gasteiger partial charge < -0.3 is 5.32 Å². The van der Waals surface area contributed by atoms with E-state index in [2.05, 4.69) is 26.1 Å². The molecule has 0 bridgehead atoms. The Hall–Kier alpha value is 0.250. The number of rotatable bonds is 12. The highest BCUT2D eigenvalue weighted by Gasteiger charge is 2.18. The number of hydrogen-bond donors (Lipinski definition) is 1. The fourth-order valence-corrected chi connectivity index (χ4v) is 2.20. The molecule has 0 spiro atoms. The van der Waals surface area contributed by atoms with E-state index in [9.17, 15) is 0 Å². The van der Waals surface area contributed by atoms with Crippen LogP contribution < -0.4 is 5.32 Å². The summed E-state index contributed by atoms with van der Waals surface area (Å²) in [6, 6.07) is 0. The summed E-state index contributed by atoms with van der Waals surface area (Å²) in [6.45, 7) is 7.80. The van der Waals surface area contributed by atoms with Gasteiger partial charge in [-0.1, -0.05) is 58.8 Å². The Bertz CT molecular complexity index is 155. The van der Waals surface area contributed by atoms with E-state index in [0.717, 1.165) is 13.0 Å². The van der Waals surface area contributed by atoms with Gasteiger partial charge in [0, 0.05) is 11.4 Å². The summed E-state index contributed by atoms with van der Waals surface area (Å²) in [6.07, 6.45) is 12.2. The lowest BCUT2D eigenvalue weighted by Gasteiger charge is -2.27. The first kappa shape index (κ1) is 17.2. The van der Waals surface area contributed by atoms with Crippen molar-refractivity contribution in [2.24, 2.45) is 0 Å². The van der Waals surface area contributed by atoms with Crippen molar-refractivity contribution in [3.63, 3.8) is 0 Å². The molecule has 0 aromatic heterocycles. The largest absolute Gasteiger partial charge is 0.310 e. The lowest BCUT2D eigenvalue weighted by molar-refractivity contribution is 0.375. The summed E-state index contributed by atoms with van der Waals surface area (Å²) in [5.41, 5.74) is 0.142. The highest BCUT2D eigenvalue weighted by Crippen LogP contribution is 2.12. The smallest absolute Gasteiger partial charge is 0.0403 e.